The molecule has 23 heavy (non-hydrogen) atoms. The smallest absolute Gasteiger partial charge is 0.341 e. The maximum Gasteiger partial charge on any atom is 0.341 e. The molecule has 0 fully saturated rings. The van der Waals surface area contributed by atoms with E-state index in [1.165, 1.54) is 0 Å². The van der Waals surface area contributed by atoms with Gasteiger partial charge in [0.25, 0.3) is 5.91 Å². The molecule has 126 valence electrons. The van der Waals surface area contributed by atoms with Gasteiger partial charge < -0.3 is 19.9 Å². The predicted octanol–water partition coefficient (Wildman–Crippen LogP) is 2.09. The minimum Gasteiger partial charge on any atom is -0.481 e. The fourth-order valence-electron chi connectivity index (χ4n) is 2.05. The van der Waals surface area contributed by atoms with Crippen LogP contribution in [-0.4, -0.2) is 43.3 Å². The van der Waals surface area contributed by atoms with Gasteiger partial charge in [0, 0.05) is 12.1 Å². The molecular formula is C17H23NO5. The quantitative estimate of drug-likeness (QED) is 0.509. The van der Waals surface area contributed by atoms with E-state index < -0.39 is 12.6 Å². The van der Waals surface area contributed by atoms with E-state index in [2.05, 4.69) is 11.9 Å². The standard InChI is InChI=1S/C17H23NO5/c1-4-5-7-22-8-6-18-17(21)14-9-12(2)16(13(3)10-14)23-11-15(19)20/h4,9-10H,1,5-8,11H2,2-3H3,(H,18,21)(H,19,20). The summed E-state index contributed by atoms with van der Waals surface area (Å²) in [5.74, 6) is -0.743. The lowest BCUT2D eigenvalue weighted by Gasteiger charge is -2.13. The van der Waals surface area contributed by atoms with Gasteiger partial charge in [-0.25, -0.2) is 4.79 Å². The van der Waals surface area contributed by atoms with Crippen LogP contribution in [0.1, 0.15) is 27.9 Å². The summed E-state index contributed by atoms with van der Waals surface area (Å²) < 4.78 is 10.6. The van der Waals surface area contributed by atoms with Gasteiger partial charge in [-0.05, 0) is 43.5 Å². The molecule has 0 aliphatic rings. The van der Waals surface area contributed by atoms with Gasteiger partial charge in [-0.1, -0.05) is 6.08 Å². The van der Waals surface area contributed by atoms with E-state index in [4.69, 9.17) is 14.6 Å². The van der Waals surface area contributed by atoms with Crippen molar-refractivity contribution in [3.63, 3.8) is 0 Å². The van der Waals surface area contributed by atoms with Crippen LogP contribution in [0.4, 0.5) is 0 Å². The van der Waals surface area contributed by atoms with E-state index in [9.17, 15) is 9.59 Å². The lowest BCUT2D eigenvalue weighted by Crippen LogP contribution is -2.27. The number of rotatable bonds is 10. The summed E-state index contributed by atoms with van der Waals surface area (Å²) in [6.45, 7) is 8.20. The predicted molar refractivity (Wildman–Crippen MR) is 87.0 cm³/mol. The van der Waals surface area contributed by atoms with E-state index in [0.717, 1.165) is 17.5 Å². The van der Waals surface area contributed by atoms with Crippen LogP contribution >= 0.6 is 0 Å². The number of carboxylic acids is 1. The van der Waals surface area contributed by atoms with Crippen molar-refractivity contribution in [3.8, 4) is 5.75 Å². The summed E-state index contributed by atoms with van der Waals surface area (Å²) in [6, 6.07) is 3.36. The second-order valence-corrected chi connectivity index (χ2v) is 5.07. The second kappa shape index (κ2) is 9.63. The number of amides is 1. The Morgan fingerprint density at radius 1 is 1.26 bits per heavy atom. The van der Waals surface area contributed by atoms with Crippen LogP contribution in [0.3, 0.4) is 0 Å². The number of ether oxygens (including phenoxy) is 2. The van der Waals surface area contributed by atoms with Gasteiger partial charge in [0.1, 0.15) is 5.75 Å². The van der Waals surface area contributed by atoms with Gasteiger partial charge in [0.15, 0.2) is 6.61 Å². The molecule has 0 atom stereocenters. The Hall–Kier alpha value is -2.34. The van der Waals surface area contributed by atoms with Crippen molar-refractivity contribution in [1.29, 1.82) is 0 Å². The number of benzene rings is 1. The molecule has 0 aliphatic carbocycles. The molecule has 0 aromatic heterocycles. The van der Waals surface area contributed by atoms with E-state index in [-0.39, 0.29) is 5.91 Å². The molecule has 0 spiro atoms. The van der Waals surface area contributed by atoms with Crippen LogP contribution in [-0.2, 0) is 9.53 Å². The Labute approximate surface area is 136 Å². The Balaban J connectivity index is 2.57. The van der Waals surface area contributed by atoms with Crippen LogP contribution < -0.4 is 10.1 Å². The first-order chi connectivity index (χ1) is 11.0. The molecule has 6 heteroatoms. The zero-order chi connectivity index (χ0) is 17.2. The topological polar surface area (TPSA) is 84.9 Å². The molecule has 6 nitrogen and oxygen atoms in total. The van der Waals surface area contributed by atoms with E-state index in [1.807, 2.05) is 0 Å². The van der Waals surface area contributed by atoms with Gasteiger partial charge in [-0.15, -0.1) is 6.58 Å². The molecule has 0 bridgehead atoms. The number of hydrogen-bond acceptors (Lipinski definition) is 4. The summed E-state index contributed by atoms with van der Waals surface area (Å²) >= 11 is 0. The number of carbonyl (C=O) groups excluding carboxylic acids is 1. The number of nitrogens with one attached hydrogen (secondary N) is 1. The zero-order valence-corrected chi connectivity index (χ0v) is 13.6. The summed E-state index contributed by atoms with van der Waals surface area (Å²) in [4.78, 5) is 22.7. The second-order valence-electron chi connectivity index (χ2n) is 5.07. The third-order valence-corrected chi connectivity index (χ3v) is 3.06. The van der Waals surface area contributed by atoms with Crippen LogP contribution in [0.15, 0.2) is 24.8 Å². The summed E-state index contributed by atoms with van der Waals surface area (Å²) in [5.41, 5.74) is 1.95. The largest absolute Gasteiger partial charge is 0.481 e. The Bertz CT molecular complexity index is 545. The summed E-state index contributed by atoms with van der Waals surface area (Å²) in [5, 5.41) is 11.4. The molecular weight excluding hydrogens is 298 g/mol. The summed E-state index contributed by atoms with van der Waals surface area (Å²) in [7, 11) is 0. The normalized spacial score (nSPS) is 10.2. The van der Waals surface area contributed by atoms with Gasteiger partial charge in [0.2, 0.25) is 0 Å². The average Bonchev–Trinajstić information content (AvgIpc) is 2.49. The highest BCUT2D eigenvalue weighted by molar-refractivity contribution is 5.94. The molecule has 0 saturated heterocycles. The number of aryl methyl sites for hydroxylation is 2. The molecule has 2 N–H and O–H groups in total. The Morgan fingerprint density at radius 3 is 2.48 bits per heavy atom. The first-order valence-corrected chi connectivity index (χ1v) is 7.38. The maximum absolute atomic E-state index is 12.1. The first-order valence-electron chi connectivity index (χ1n) is 7.38. The minimum atomic E-state index is -1.04. The highest BCUT2D eigenvalue weighted by Crippen LogP contribution is 2.24. The molecule has 1 aromatic rings. The van der Waals surface area contributed by atoms with Crippen molar-refractivity contribution >= 4 is 11.9 Å². The molecule has 0 aliphatic heterocycles. The SMILES string of the molecule is C=CCCOCCNC(=O)c1cc(C)c(OCC(=O)O)c(C)c1. The lowest BCUT2D eigenvalue weighted by molar-refractivity contribution is -0.139. The Morgan fingerprint density at radius 2 is 1.91 bits per heavy atom. The average molecular weight is 321 g/mol. The fraction of sp³-hybridized carbons (Fsp3) is 0.412. The van der Waals surface area contributed by atoms with Crippen LogP contribution in [0.25, 0.3) is 0 Å². The van der Waals surface area contributed by atoms with Gasteiger partial charge in [-0.2, -0.15) is 0 Å². The molecule has 0 unspecified atom stereocenters. The molecule has 1 rings (SSSR count). The van der Waals surface area contributed by atoms with Crippen molar-refractivity contribution in [2.45, 2.75) is 20.3 Å². The van der Waals surface area contributed by atoms with Crippen molar-refractivity contribution in [2.24, 2.45) is 0 Å². The van der Waals surface area contributed by atoms with E-state index >= 15 is 0 Å². The van der Waals surface area contributed by atoms with Crippen molar-refractivity contribution < 1.29 is 24.2 Å². The van der Waals surface area contributed by atoms with Crippen LogP contribution in [0.2, 0.25) is 0 Å². The van der Waals surface area contributed by atoms with Crippen LogP contribution in [0, 0.1) is 13.8 Å². The zero-order valence-electron chi connectivity index (χ0n) is 13.6. The van der Waals surface area contributed by atoms with Gasteiger partial charge in [0.05, 0.1) is 13.2 Å². The number of carboxylic acid groups (broad SMARTS) is 1. The lowest BCUT2D eigenvalue weighted by atomic mass is 10.1. The first kappa shape index (κ1) is 18.7. The summed E-state index contributed by atoms with van der Waals surface area (Å²) in [6.07, 6.45) is 2.56. The third-order valence-electron chi connectivity index (χ3n) is 3.06. The molecule has 1 amide bonds. The number of hydrogen-bond donors (Lipinski definition) is 2. The number of aliphatic carboxylic acids is 1. The molecule has 0 radical (unpaired) electrons. The molecule has 1 aromatic carbocycles. The maximum atomic E-state index is 12.1. The highest BCUT2D eigenvalue weighted by Gasteiger charge is 2.12. The van der Waals surface area contributed by atoms with Crippen molar-refractivity contribution in [1.82, 2.24) is 5.32 Å². The van der Waals surface area contributed by atoms with E-state index in [1.54, 1.807) is 32.1 Å². The van der Waals surface area contributed by atoms with E-state index in [0.29, 0.717) is 31.1 Å². The van der Waals surface area contributed by atoms with Gasteiger partial charge in [-0.3, -0.25) is 4.79 Å². The minimum absolute atomic E-state index is 0.201. The molecule has 0 heterocycles. The number of carbonyl (C=O) groups is 2. The molecule has 0 saturated carbocycles. The van der Waals surface area contributed by atoms with Crippen molar-refractivity contribution in [2.75, 3.05) is 26.4 Å². The monoisotopic (exact) mass is 321 g/mol. The Kier molecular flexibility index (Phi) is 7.83. The third kappa shape index (κ3) is 6.52. The fourth-order valence-corrected chi connectivity index (χ4v) is 2.05. The highest BCUT2D eigenvalue weighted by atomic mass is 16.5. The van der Waals surface area contributed by atoms with Crippen LogP contribution in [0.5, 0.6) is 5.75 Å². The van der Waals surface area contributed by atoms with Crippen molar-refractivity contribution in [3.05, 3.63) is 41.5 Å². The van der Waals surface area contributed by atoms with Gasteiger partial charge >= 0.3 is 5.97 Å².